The number of carbonyl (C=O) groups excluding carboxylic acids is 2. The maximum absolute atomic E-state index is 12.9. The summed E-state index contributed by atoms with van der Waals surface area (Å²) in [5.41, 5.74) is 0.601. The Labute approximate surface area is 180 Å². The molecule has 162 valence electrons. The van der Waals surface area contributed by atoms with Gasteiger partial charge in [-0.1, -0.05) is 19.1 Å². The van der Waals surface area contributed by atoms with Gasteiger partial charge in [0.15, 0.2) is 0 Å². The van der Waals surface area contributed by atoms with E-state index in [0.717, 1.165) is 25.9 Å². The van der Waals surface area contributed by atoms with Gasteiger partial charge in [-0.15, -0.1) is 12.4 Å². The fraction of sp³-hybridized carbons (Fsp3) is 0.636. The van der Waals surface area contributed by atoms with E-state index in [1.165, 1.54) is 0 Å². The number of piperazine rings is 1. The molecule has 6 nitrogen and oxygen atoms in total. The van der Waals surface area contributed by atoms with Crippen LogP contribution < -0.4 is 10.1 Å². The van der Waals surface area contributed by atoms with Crippen molar-refractivity contribution in [1.82, 2.24) is 15.1 Å². The van der Waals surface area contributed by atoms with Crippen LogP contribution in [0.5, 0.6) is 5.75 Å². The number of ether oxygens (including phenoxy) is 1. The average Bonchev–Trinajstić information content (AvgIpc) is 2.74. The number of nitrogens with one attached hydrogen (secondary N) is 1. The molecule has 2 fully saturated rings. The topological polar surface area (TPSA) is 61.9 Å². The Morgan fingerprint density at radius 1 is 1.10 bits per heavy atom. The van der Waals surface area contributed by atoms with Gasteiger partial charge in [0, 0.05) is 32.6 Å². The first kappa shape index (κ1) is 23.5. The molecule has 3 rings (SSSR count). The van der Waals surface area contributed by atoms with Crippen LogP contribution in [0.3, 0.4) is 0 Å². The Morgan fingerprint density at radius 2 is 1.72 bits per heavy atom. The predicted octanol–water partition coefficient (Wildman–Crippen LogP) is 2.82. The molecule has 1 unspecified atom stereocenters. The van der Waals surface area contributed by atoms with Gasteiger partial charge in [0.25, 0.3) is 5.91 Å². The van der Waals surface area contributed by atoms with Crippen LogP contribution in [0.4, 0.5) is 0 Å². The molecule has 0 aliphatic carbocycles. The number of para-hydroxylation sites is 1. The Balaban J connectivity index is 0.00000300. The van der Waals surface area contributed by atoms with E-state index < -0.39 is 0 Å². The summed E-state index contributed by atoms with van der Waals surface area (Å²) in [7, 11) is 0. The summed E-state index contributed by atoms with van der Waals surface area (Å²) in [6.07, 6.45) is 2.94. The van der Waals surface area contributed by atoms with Crippen LogP contribution in [-0.2, 0) is 4.79 Å². The summed E-state index contributed by atoms with van der Waals surface area (Å²) < 4.78 is 5.59. The van der Waals surface area contributed by atoms with Crippen molar-refractivity contribution in [1.29, 1.82) is 0 Å². The highest BCUT2D eigenvalue weighted by molar-refractivity contribution is 5.97. The molecule has 2 aliphatic heterocycles. The lowest BCUT2D eigenvalue weighted by Crippen LogP contribution is -2.51. The van der Waals surface area contributed by atoms with E-state index in [0.29, 0.717) is 62.4 Å². The van der Waals surface area contributed by atoms with Crippen molar-refractivity contribution in [2.45, 2.75) is 33.1 Å². The first-order valence-corrected chi connectivity index (χ1v) is 10.6. The molecule has 29 heavy (non-hydrogen) atoms. The number of piperidine rings is 1. The van der Waals surface area contributed by atoms with E-state index in [4.69, 9.17) is 4.74 Å². The van der Waals surface area contributed by atoms with Gasteiger partial charge in [-0.3, -0.25) is 9.59 Å². The van der Waals surface area contributed by atoms with E-state index in [1.807, 2.05) is 41.0 Å². The van der Waals surface area contributed by atoms with Crippen LogP contribution in [0.15, 0.2) is 24.3 Å². The number of nitrogens with zero attached hydrogens (tertiary/aromatic N) is 2. The van der Waals surface area contributed by atoms with E-state index in [-0.39, 0.29) is 24.2 Å². The fourth-order valence-electron chi connectivity index (χ4n) is 4.24. The largest absolute Gasteiger partial charge is 0.493 e. The summed E-state index contributed by atoms with van der Waals surface area (Å²) in [6, 6.07) is 7.38. The second kappa shape index (κ2) is 11.4. The van der Waals surface area contributed by atoms with Crippen LogP contribution in [-0.4, -0.2) is 67.5 Å². The summed E-state index contributed by atoms with van der Waals surface area (Å²) in [5.74, 6) is 1.91. The molecule has 1 atom stereocenters. The molecule has 7 heteroatoms. The second-order valence-corrected chi connectivity index (χ2v) is 7.87. The third kappa shape index (κ3) is 6.09. The summed E-state index contributed by atoms with van der Waals surface area (Å²) in [4.78, 5) is 29.4. The minimum Gasteiger partial charge on any atom is -0.493 e. The minimum absolute atomic E-state index is 0. The van der Waals surface area contributed by atoms with Crippen LogP contribution in [0.1, 0.15) is 43.5 Å². The molecule has 2 heterocycles. The SMILES string of the molecule is CCOc1ccccc1C(=O)N1CCN(C(=O)CC(C)C2CCNCC2)CC1.Cl. The van der Waals surface area contributed by atoms with Crippen molar-refractivity contribution in [3.63, 3.8) is 0 Å². The Bertz CT molecular complexity index is 671. The standard InChI is InChI=1S/C22H33N3O3.ClH/c1-3-28-20-7-5-4-6-19(20)22(27)25-14-12-24(13-15-25)21(26)16-17(2)18-8-10-23-11-9-18;/h4-7,17-18,23H,3,8-16H2,1-2H3;1H. The molecule has 2 saturated heterocycles. The van der Waals surface area contributed by atoms with Gasteiger partial charge >= 0.3 is 0 Å². The van der Waals surface area contributed by atoms with Crippen molar-refractivity contribution in [3.8, 4) is 5.75 Å². The van der Waals surface area contributed by atoms with Gasteiger partial charge in [-0.05, 0) is 56.8 Å². The van der Waals surface area contributed by atoms with Crippen molar-refractivity contribution >= 4 is 24.2 Å². The van der Waals surface area contributed by atoms with E-state index >= 15 is 0 Å². The average molecular weight is 424 g/mol. The Hall–Kier alpha value is -1.79. The molecule has 0 bridgehead atoms. The number of hydrogen-bond acceptors (Lipinski definition) is 4. The zero-order valence-electron chi connectivity index (χ0n) is 17.6. The third-order valence-corrected chi connectivity index (χ3v) is 6.02. The number of halogens is 1. The monoisotopic (exact) mass is 423 g/mol. The first-order chi connectivity index (χ1) is 13.6. The lowest BCUT2D eigenvalue weighted by atomic mass is 9.84. The van der Waals surface area contributed by atoms with Gasteiger partial charge in [-0.2, -0.15) is 0 Å². The lowest BCUT2D eigenvalue weighted by molar-refractivity contribution is -0.134. The summed E-state index contributed by atoms with van der Waals surface area (Å²) in [5, 5.41) is 3.39. The number of rotatable bonds is 6. The van der Waals surface area contributed by atoms with E-state index in [9.17, 15) is 9.59 Å². The molecule has 0 saturated carbocycles. The number of benzene rings is 1. The maximum atomic E-state index is 12.9. The van der Waals surface area contributed by atoms with Crippen molar-refractivity contribution in [2.75, 3.05) is 45.9 Å². The van der Waals surface area contributed by atoms with Crippen molar-refractivity contribution in [2.24, 2.45) is 11.8 Å². The lowest BCUT2D eigenvalue weighted by Gasteiger charge is -2.36. The van der Waals surface area contributed by atoms with Crippen LogP contribution in [0, 0.1) is 11.8 Å². The molecule has 0 aromatic heterocycles. The first-order valence-electron chi connectivity index (χ1n) is 10.6. The van der Waals surface area contributed by atoms with Gasteiger partial charge < -0.3 is 19.9 Å². The molecule has 1 aromatic carbocycles. The smallest absolute Gasteiger partial charge is 0.257 e. The molecule has 0 radical (unpaired) electrons. The van der Waals surface area contributed by atoms with E-state index in [1.54, 1.807) is 0 Å². The fourth-order valence-corrected chi connectivity index (χ4v) is 4.24. The number of carbonyl (C=O) groups is 2. The molecule has 2 aliphatic rings. The third-order valence-electron chi connectivity index (χ3n) is 6.02. The molecule has 1 aromatic rings. The molecule has 1 N–H and O–H groups in total. The summed E-state index contributed by atoms with van der Waals surface area (Å²) in [6.45, 7) is 9.15. The molecular weight excluding hydrogens is 390 g/mol. The second-order valence-electron chi connectivity index (χ2n) is 7.87. The number of amides is 2. The quantitative estimate of drug-likeness (QED) is 0.764. The number of hydrogen-bond donors (Lipinski definition) is 1. The molecule has 0 spiro atoms. The predicted molar refractivity (Wildman–Crippen MR) is 117 cm³/mol. The highest BCUT2D eigenvalue weighted by atomic mass is 35.5. The normalized spacial score (nSPS) is 18.7. The van der Waals surface area contributed by atoms with Crippen LogP contribution in [0.25, 0.3) is 0 Å². The molecule has 2 amide bonds. The van der Waals surface area contributed by atoms with Crippen LogP contribution in [0.2, 0.25) is 0 Å². The highest BCUT2D eigenvalue weighted by Gasteiger charge is 2.28. The highest BCUT2D eigenvalue weighted by Crippen LogP contribution is 2.25. The van der Waals surface area contributed by atoms with Crippen LogP contribution >= 0.6 is 12.4 Å². The Kier molecular flexibility index (Phi) is 9.24. The van der Waals surface area contributed by atoms with Gasteiger partial charge in [0.2, 0.25) is 5.91 Å². The Morgan fingerprint density at radius 3 is 2.38 bits per heavy atom. The van der Waals surface area contributed by atoms with Gasteiger partial charge in [0.05, 0.1) is 12.2 Å². The minimum atomic E-state index is -0.0146. The maximum Gasteiger partial charge on any atom is 0.257 e. The van der Waals surface area contributed by atoms with E-state index in [2.05, 4.69) is 12.2 Å². The zero-order valence-corrected chi connectivity index (χ0v) is 18.4. The van der Waals surface area contributed by atoms with Gasteiger partial charge in [0.1, 0.15) is 5.75 Å². The summed E-state index contributed by atoms with van der Waals surface area (Å²) >= 11 is 0. The van der Waals surface area contributed by atoms with Crippen molar-refractivity contribution in [3.05, 3.63) is 29.8 Å². The van der Waals surface area contributed by atoms with Gasteiger partial charge in [-0.25, -0.2) is 0 Å². The zero-order chi connectivity index (χ0) is 19.9. The molecular formula is C22H34ClN3O3. The van der Waals surface area contributed by atoms with Crippen molar-refractivity contribution < 1.29 is 14.3 Å².